The Hall–Kier alpha value is -2.36. The average molecular weight is 536 g/mol. The van der Waals surface area contributed by atoms with E-state index in [9.17, 15) is 0 Å². The number of aromatic nitrogens is 3. The highest BCUT2D eigenvalue weighted by molar-refractivity contribution is 14.0. The van der Waals surface area contributed by atoms with Crippen LogP contribution in [0.25, 0.3) is 11.3 Å². The van der Waals surface area contributed by atoms with Crippen molar-refractivity contribution in [2.75, 3.05) is 13.6 Å². The van der Waals surface area contributed by atoms with Crippen LogP contribution in [-0.4, -0.2) is 39.2 Å². The van der Waals surface area contributed by atoms with E-state index in [4.69, 9.17) is 9.41 Å². The van der Waals surface area contributed by atoms with E-state index in [2.05, 4.69) is 66.3 Å². The Morgan fingerprint density at radius 2 is 1.97 bits per heavy atom. The Morgan fingerprint density at radius 3 is 2.61 bits per heavy atom. The minimum atomic E-state index is 0. The average Bonchev–Trinajstić information content (AvgIpc) is 3.32. The Morgan fingerprint density at radius 1 is 1.26 bits per heavy atom. The molecule has 0 unspecified atom stereocenters. The Balaban J connectivity index is 0.00000341. The van der Waals surface area contributed by atoms with Gasteiger partial charge in [-0.3, -0.25) is 4.68 Å². The van der Waals surface area contributed by atoms with E-state index < -0.39 is 0 Å². The first kappa shape index (κ1) is 24.9. The molecule has 0 aliphatic heterocycles. The largest absolute Gasteiger partial charge is 0.439 e. The smallest absolute Gasteiger partial charge is 0.216 e. The first-order valence-corrected chi connectivity index (χ1v) is 10.4. The van der Waals surface area contributed by atoms with Crippen LogP contribution in [-0.2, 0) is 20.1 Å². The number of rotatable bonds is 7. The highest BCUT2D eigenvalue weighted by Crippen LogP contribution is 2.21. The summed E-state index contributed by atoms with van der Waals surface area (Å²) in [4.78, 5) is 11.2. The monoisotopic (exact) mass is 536 g/mol. The summed E-state index contributed by atoms with van der Waals surface area (Å²) in [5, 5.41) is 7.96. The van der Waals surface area contributed by atoms with Crippen molar-refractivity contribution in [3.8, 4) is 11.3 Å². The van der Waals surface area contributed by atoms with Gasteiger partial charge in [-0.2, -0.15) is 5.10 Å². The minimum absolute atomic E-state index is 0. The highest BCUT2D eigenvalue weighted by Gasteiger charge is 2.15. The van der Waals surface area contributed by atoms with Crippen molar-refractivity contribution in [2.24, 2.45) is 12.0 Å². The van der Waals surface area contributed by atoms with Gasteiger partial charge >= 0.3 is 0 Å². The van der Waals surface area contributed by atoms with Crippen LogP contribution in [0.1, 0.15) is 49.4 Å². The van der Waals surface area contributed by atoms with E-state index in [1.54, 1.807) is 6.20 Å². The minimum Gasteiger partial charge on any atom is -0.439 e. The van der Waals surface area contributed by atoms with Gasteiger partial charge in [-0.05, 0) is 19.8 Å². The SMILES string of the molecule is CCNC(=NCc1ncc(-c2ccc(C)cc2)o1)N(C)Cc1cn(C)nc1C(C)C.I. The molecule has 7 nitrogen and oxygen atoms in total. The van der Waals surface area contributed by atoms with E-state index in [-0.39, 0.29) is 24.0 Å². The van der Waals surface area contributed by atoms with E-state index in [0.717, 1.165) is 36.1 Å². The standard InChI is InChI=1S/C23H32N6O.HI/c1-7-24-23(28(5)14-19-15-29(6)27-22(19)16(2)3)26-13-21-25-12-20(30-21)18-10-8-17(4)9-11-18;/h8-12,15-16H,7,13-14H2,1-6H3,(H,24,26);1H. The lowest BCUT2D eigenvalue weighted by Gasteiger charge is -2.22. The number of halogens is 1. The van der Waals surface area contributed by atoms with Gasteiger partial charge in [-0.1, -0.05) is 43.7 Å². The molecule has 31 heavy (non-hydrogen) atoms. The van der Waals surface area contributed by atoms with Crippen LogP contribution in [0.5, 0.6) is 0 Å². The fraction of sp³-hybridized carbons (Fsp3) is 0.435. The van der Waals surface area contributed by atoms with Crippen LogP contribution in [0.15, 0.2) is 46.1 Å². The predicted molar refractivity (Wildman–Crippen MR) is 136 cm³/mol. The molecular weight excluding hydrogens is 503 g/mol. The summed E-state index contributed by atoms with van der Waals surface area (Å²) < 4.78 is 7.79. The van der Waals surface area contributed by atoms with E-state index in [0.29, 0.717) is 18.4 Å². The topological polar surface area (TPSA) is 71.5 Å². The molecular formula is C23H33IN6O. The summed E-state index contributed by atoms with van der Waals surface area (Å²) in [6.45, 7) is 10.4. The molecule has 2 heterocycles. The molecule has 1 N–H and O–H groups in total. The van der Waals surface area contributed by atoms with Crippen LogP contribution in [0, 0.1) is 6.92 Å². The number of nitrogens with one attached hydrogen (secondary N) is 1. The van der Waals surface area contributed by atoms with Gasteiger partial charge in [0.15, 0.2) is 11.7 Å². The molecule has 0 atom stereocenters. The maximum atomic E-state index is 5.91. The van der Waals surface area contributed by atoms with Gasteiger partial charge < -0.3 is 14.6 Å². The van der Waals surface area contributed by atoms with Crippen molar-refractivity contribution in [1.82, 2.24) is 25.0 Å². The molecule has 0 radical (unpaired) electrons. The quantitative estimate of drug-likeness (QED) is 0.269. The number of hydrogen-bond acceptors (Lipinski definition) is 4. The van der Waals surface area contributed by atoms with Gasteiger partial charge in [0.2, 0.25) is 5.89 Å². The van der Waals surface area contributed by atoms with Gasteiger partial charge in [0, 0.05) is 44.5 Å². The van der Waals surface area contributed by atoms with Gasteiger partial charge in [-0.25, -0.2) is 9.98 Å². The van der Waals surface area contributed by atoms with Crippen molar-refractivity contribution < 1.29 is 4.42 Å². The molecule has 0 spiro atoms. The number of oxazole rings is 1. The second-order valence-electron chi connectivity index (χ2n) is 7.88. The molecule has 1 aromatic carbocycles. The summed E-state index contributed by atoms with van der Waals surface area (Å²) in [5.41, 5.74) is 4.56. The van der Waals surface area contributed by atoms with E-state index in [1.165, 1.54) is 11.1 Å². The molecule has 8 heteroatoms. The zero-order chi connectivity index (χ0) is 21.7. The number of aryl methyl sites for hydroxylation is 2. The second-order valence-corrected chi connectivity index (χ2v) is 7.88. The number of nitrogens with zero attached hydrogens (tertiary/aromatic N) is 5. The number of guanidine groups is 1. The van der Waals surface area contributed by atoms with Gasteiger partial charge in [0.05, 0.1) is 11.9 Å². The molecule has 0 amide bonds. The van der Waals surface area contributed by atoms with Crippen molar-refractivity contribution in [1.29, 1.82) is 0 Å². The van der Waals surface area contributed by atoms with Crippen molar-refractivity contribution >= 4 is 29.9 Å². The van der Waals surface area contributed by atoms with Crippen LogP contribution in [0.2, 0.25) is 0 Å². The Bertz CT molecular complexity index is 990. The van der Waals surface area contributed by atoms with Gasteiger partial charge in [0.1, 0.15) is 6.54 Å². The molecule has 2 aromatic heterocycles. The number of aliphatic imine (C=N–C) groups is 1. The predicted octanol–water partition coefficient (Wildman–Crippen LogP) is 4.72. The second kappa shape index (κ2) is 11.3. The summed E-state index contributed by atoms with van der Waals surface area (Å²) >= 11 is 0. The molecule has 0 bridgehead atoms. The molecule has 0 aliphatic rings. The summed E-state index contributed by atoms with van der Waals surface area (Å²) in [5.74, 6) is 2.54. The highest BCUT2D eigenvalue weighted by atomic mass is 127. The van der Waals surface area contributed by atoms with Crippen LogP contribution in [0.4, 0.5) is 0 Å². The van der Waals surface area contributed by atoms with Crippen molar-refractivity contribution in [2.45, 2.75) is 46.7 Å². The Kier molecular flexibility index (Phi) is 9.09. The van der Waals surface area contributed by atoms with E-state index in [1.807, 2.05) is 30.9 Å². The van der Waals surface area contributed by atoms with Crippen LogP contribution < -0.4 is 5.32 Å². The summed E-state index contributed by atoms with van der Waals surface area (Å²) in [6.07, 6.45) is 3.84. The molecule has 0 saturated carbocycles. The first-order valence-electron chi connectivity index (χ1n) is 10.4. The number of hydrogen-bond donors (Lipinski definition) is 1. The fourth-order valence-corrected chi connectivity index (χ4v) is 3.34. The lowest BCUT2D eigenvalue weighted by atomic mass is 10.1. The van der Waals surface area contributed by atoms with Crippen molar-refractivity contribution in [3.63, 3.8) is 0 Å². The molecule has 0 fully saturated rings. The summed E-state index contributed by atoms with van der Waals surface area (Å²) in [7, 11) is 3.99. The Labute approximate surface area is 202 Å². The normalized spacial score (nSPS) is 11.5. The lowest BCUT2D eigenvalue weighted by Crippen LogP contribution is -2.38. The molecule has 168 valence electrons. The van der Waals surface area contributed by atoms with E-state index >= 15 is 0 Å². The molecule has 3 rings (SSSR count). The zero-order valence-electron chi connectivity index (χ0n) is 19.2. The molecule has 3 aromatic rings. The number of benzene rings is 1. The third-order valence-electron chi connectivity index (χ3n) is 4.84. The summed E-state index contributed by atoms with van der Waals surface area (Å²) in [6, 6.07) is 8.22. The third kappa shape index (κ3) is 6.56. The molecule has 0 aliphatic carbocycles. The zero-order valence-corrected chi connectivity index (χ0v) is 21.5. The first-order chi connectivity index (χ1) is 14.4. The van der Waals surface area contributed by atoms with Crippen LogP contribution in [0.3, 0.4) is 0 Å². The maximum Gasteiger partial charge on any atom is 0.216 e. The van der Waals surface area contributed by atoms with Gasteiger partial charge in [-0.15, -0.1) is 24.0 Å². The maximum absolute atomic E-state index is 5.91. The third-order valence-corrected chi connectivity index (χ3v) is 4.84. The van der Waals surface area contributed by atoms with Crippen molar-refractivity contribution in [3.05, 3.63) is 59.4 Å². The molecule has 0 saturated heterocycles. The lowest BCUT2D eigenvalue weighted by molar-refractivity contribution is 0.466. The fourth-order valence-electron chi connectivity index (χ4n) is 3.34. The van der Waals surface area contributed by atoms with Gasteiger partial charge in [0.25, 0.3) is 0 Å². The van der Waals surface area contributed by atoms with Crippen LogP contribution >= 0.6 is 24.0 Å².